The molecule has 0 aromatic rings. The molecule has 3 rings (SSSR count). The first-order chi connectivity index (χ1) is 9.84. The van der Waals surface area contributed by atoms with Crippen LogP contribution >= 0.6 is 0 Å². The Labute approximate surface area is 122 Å². The number of ether oxygens (including phenoxy) is 1. The molecule has 20 heavy (non-hydrogen) atoms. The Hall–Kier alpha value is -0.610. The Balaban J connectivity index is 1.47. The maximum atomic E-state index is 12.3. The lowest BCUT2D eigenvalue weighted by Crippen LogP contribution is -2.49. The number of carbonyl (C=O) groups excluding carboxylic acids is 1. The third-order valence-electron chi connectivity index (χ3n) is 5.14. The number of amides is 1. The lowest BCUT2D eigenvalue weighted by atomic mass is 10.0. The molecule has 3 fully saturated rings. The quantitative estimate of drug-likeness (QED) is 0.776. The molecule has 0 bridgehead atoms. The molecule has 3 aliphatic rings. The number of nitrogens with zero attached hydrogens (tertiary/aromatic N) is 2. The third kappa shape index (κ3) is 3.34. The minimum Gasteiger partial charge on any atom is -0.368 e. The van der Waals surface area contributed by atoms with Gasteiger partial charge in [-0.3, -0.25) is 4.79 Å². The second-order valence-electron chi connectivity index (χ2n) is 6.51. The fraction of sp³-hybridized carbons (Fsp3) is 0.938. The van der Waals surface area contributed by atoms with E-state index in [1.807, 2.05) is 4.90 Å². The maximum Gasteiger partial charge on any atom is 0.251 e. The van der Waals surface area contributed by atoms with Crippen molar-refractivity contribution in [1.29, 1.82) is 0 Å². The first kappa shape index (κ1) is 14.3. The van der Waals surface area contributed by atoms with Crippen molar-refractivity contribution in [3.8, 4) is 0 Å². The number of carbonyl (C=O) groups is 1. The van der Waals surface area contributed by atoms with Gasteiger partial charge < -0.3 is 14.5 Å². The lowest BCUT2D eigenvalue weighted by Gasteiger charge is -2.38. The van der Waals surface area contributed by atoms with Crippen molar-refractivity contribution >= 4 is 5.91 Å². The molecule has 0 aromatic carbocycles. The third-order valence-corrected chi connectivity index (χ3v) is 5.14. The van der Waals surface area contributed by atoms with E-state index in [-0.39, 0.29) is 12.0 Å². The van der Waals surface area contributed by atoms with Crippen LogP contribution in [-0.2, 0) is 9.53 Å². The molecule has 3 aliphatic heterocycles. The summed E-state index contributed by atoms with van der Waals surface area (Å²) in [7, 11) is 0. The first-order valence-electron chi connectivity index (χ1n) is 8.49. The van der Waals surface area contributed by atoms with E-state index >= 15 is 0 Å². The predicted molar refractivity (Wildman–Crippen MR) is 78.6 cm³/mol. The highest BCUT2D eigenvalue weighted by Gasteiger charge is 2.32. The van der Waals surface area contributed by atoms with Crippen molar-refractivity contribution in [3.05, 3.63) is 0 Å². The lowest BCUT2D eigenvalue weighted by molar-refractivity contribution is -0.142. The van der Waals surface area contributed by atoms with Gasteiger partial charge in [0.05, 0.1) is 0 Å². The summed E-state index contributed by atoms with van der Waals surface area (Å²) in [5.41, 5.74) is 0. The molecule has 0 aromatic heterocycles. The minimum atomic E-state index is -0.135. The molecule has 0 saturated carbocycles. The Morgan fingerprint density at radius 2 is 1.55 bits per heavy atom. The van der Waals surface area contributed by atoms with E-state index in [0.717, 1.165) is 45.4 Å². The topological polar surface area (TPSA) is 32.8 Å². The van der Waals surface area contributed by atoms with Gasteiger partial charge in [-0.25, -0.2) is 0 Å². The van der Waals surface area contributed by atoms with Gasteiger partial charge in [-0.05, 0) is 51.6 Å². The van der Waals surface area contributed by atoms with Gasteiger partial charge in [0.25, 0.3) is 5.91 Å². The highest BCUT2D eigenvalue weighted by Crippen LogP contribution is 2.22. The van der Waals surface area contributed by atoms with Crippen LogP contribution in [0.25, 0.3) is 0 Å². The zero-order valence-electron chi connectivity index (χ0n) is 12.6. The Bertz CT molecular complexity index is 312. The average molecular weight is 280 g/mol. The van der Waals surface area contributed by atoms with Crippen LogP contribution in [0.2, 0.25) is 0 Å². The van der Waals surface area contributed by atoms with Gasteiger partial charge >= 0.3 is 0 Å². The van der Waals surface area contributed by atoms with Gasteiger partial charge in [0.2, 0.25) is 0 Å². The van der Waals surface area contributed by atoms with Crippen LogP contribution in [0.5, 0.6) is 0 Å². The second kappa shape index (κ2) is 6.90. The van der Waals surface area contributed by atoms with E-state index in [0.29, 0.717) is 6.04 Å². The van der Waals surface area contributed by atoms with E-state index in [9.17, 15) is 4.79 Å². The van der Waals surface area contributed by atoms with Crippen LogP contribution in [0.15, 0.2) is 0 Å². The molecule has 4 nitrogen and oxygen atoms in total. The summed E-state index contributed by atoms with van der Waals surface area (Å²) < 4.78 is 5.53. The summed E-state index contributed by atoms with van der Waals surface area (Å²) in [6.45, 7) is 5.16. The average Bonchev–Trinajstić information content (AvgIpc) is 2.89. The molecular weight excluding hydrogens is 252 g/mol. The number of hydrogen-bond donors (Lipinski definition) is 0. The highest BCUT2D eigenvalue weighted by atomic mass is 16.5. The van der Waals surface area contributed by atoms with E-state index in [1.165, 1.54) is 38.8 Å². The molecule has 4 heteroatoms. The van der Waals surface area contributed by atoms with Crippen molar-refractivity contribution in [2.24, 2.45) is 0 Å². The standard InChI is InChI=1S/C16H28N2O2/c19-16(15-6-5-13-20-15)18-11-7-14(8-12-18)17-9-3-1-2-4-10-17/h14-15H,1-13H2. The van der Waals surface area contributed by atoms with E-state index in [4.69, 9.17) is 4.74 Å². The number of hydrogen-bond acceptors (Lipinski definition) is 3. The molecule has 3 saturated heterocycles. The van der Waals surface area contributed by atoms with Crippen LogP contribution in [0, 0.1) is 0 Å². The monoisotopic (exact) mass is 280 g/mol. The van der Waals surface area contributed by atoms with Crippen molar-refractivity contribution < 1.29 is 9.53 Å². The van der Waals surface area contributed by atoms with Crippen LogP contribution in [0.3, 0.4) is 0 Å². The van der Waals surface area contributed by atoms with Gasteiger partial charge in [-0.15, -0.1) is 0 Å². The summed E-state index contributed by atoms with van der Waals surface area (Å²) in [5.74, 6) is 0.247. The molecule has 0 spiro atoms. The Morgan fingerprint density at radius 3 is 2.15 bits per heavy atom. The molecular formula is C16H28N2O2. The zero-order chi connectivity index (χ0) is 13.8. The number of piperidine rings is 1. The van der Waals surface area contributed by atoms with Crippen molar-refractivity contribution in [1.82, 2.24) is 9.80 Å². The molecule has 0 aliphatic carbocycles. The largest absolute Gasteiger partial charge is 0.368 e. The molecule has 1 atom stereocenters. The van der Waals surface area contributed by atoms with Crippen LogP contribution in [0.1, 0.15) is 51.4 Å². The summed E-state index contributed by atoms with van der Waals surface area (Å²) in [6.07, 6.45) is 9.64. The maximum absolute atomic E-state index is 12.3. The molecule has 1 amide bonds. The fourth-order valence-corrected chi connectivity index (χ4v) is 3.89. The molecule has 0 N–H and O–H groups in total. The van der Waals surface area contributed by atoms with Crippen molar-refractivity contribution in [3.63, 3.8) is 0 Å². The van der Waals surface area contributed by atoms with Crippen LogP contribution in [-0.4, -0.2) is 60.6 Å². The molecule has 1 unspecified atom stereocenters. The van der Waals surface area contributed by atoms with Gasteiger partial charge in [0, 0.05) is 25.7 Å². The molecule has 114 valence electrons. The SMILES string of the molecule is O=C(C1CCCO1)N1CCC(N2CCCCCC2)CC1. The van der Waals surface area contributed by atoms with Gasteiger partial charge in [0.1, 0.15) is 6.10 Å². The van der Waals surface area contributed by atoms with Crippen LogP contribution < -0.4 is 0 Å². The second-order valence-corrected chi connectivity index (χ2v) is 6.51. The van der Waals surface area contributed by atoms with Gasteiger partial charge in [0.15, 0.2) is 0 Å². The fourth-order valence-electron chi connectivity index (χ4n) is 3.89. The molecule has 3 heterocycles. The van der Waals surface area contributed by atoms with E-state index in [1.54, 1.807) is 0 Å². The highest BCUT2D eigenvalue weighted by molar-refractivity contribution is 5.81. The summed E-state index contributed by atoms with van der Waals surface area (Å²) in [4.78, 5) is 17.1. The Morgan fingerprint density at radius 1 is 0.850 bits per heavy atom. The van der Waals surface area contributed by atoms with E-state index in [2.05, 4.69) is 4.90 Å². The normalized spacial score (nSPS) is 30.4. The summed E-state index contributed by atoms with van der Waals surface area (Å²) >= 11 is 0. The van der Waals surface area contributed by atoms with Crippen LogP contribution in [0.4, 0.5) is 0 Å². The zero-order valence-corrected chi connectivity index (χ0v) is 12.6. The van der Waals surface area contributed by atoms with E-state index < -0.39 is 0 Å². The summed E-state index contributed by atoms with van der Waals surface area (Å²) in [5, 5.41) is 0. The van der Waals surface area contributed by atoms with Gasteiger partial charge in [-0.1, -0.05) is 12.8 Å². The molecule has 0 radical (unpaired) electrons. The Kier molecular flexibility index (Phi) is 4.94. The smallest absolute Gasteiger partial charge is 0.251 e. The van der Waals surface area contributed by atoms with Gasteiger partial charge in [-0.2, -0.15) is 0 Å². The number of likely N-dealkylation sites (tertiary alicyclic amines) is 2. The van der Waals surface area contributed by atoms with Crippen molar-refractivity contribution in [2.45, 2.75) is 63.5 Å². The predicted octanol–water partition coefficient (Wildman–Crippen LogP) is 2.03. The first-order valence-corrected chi connectivity index (χ1v) is 8.49. The number of rotatable bonds is 2. The van der Waals surface area contributed by atoms with Crippen molar-refractivity contribution in [2.75, 3.05) is 32.8 Å². The summed E-state index contributed by atoms with van der Waals surface area (Å²) in [6, 6.07) is 0.710. The minimum absolute atomic E-state index is 0.135.